The summed E-state index contributed by atoms with van der Waals surface area (Å²) in [7, 11) is 6.74. The highest BCUT2D eigenvalue weighted by Crippen LogP contribution is 1.95. The van der Waals surface area contributed by atoms with Crippen LogP contribution >= 0.6 is 0 Å². The molecule has 0 aromatic rings. The van der Waals surface area contributed by atoms with Gasteiger partial charge in [0.05, 0.1) is 34.9 Å². The summed E-state index contributed by atoms with van der Waals surface area (Å²) >= 11 is 0. The zero-order chi connectivity index (χ0) is 16.5. The molecule has 0 aliphatic rings. The van der Waals surface area contributed by atoms with Crippen LogP contribution in [-0.4, -0.2) is 93.1 Å². The van der Waals surface area contributed by atoms with E-state index in [-0.39, 0.29) is 42.6 Å². The molecule has 10 heteroatoms. The minimum atomic E-state index is -0.721. The van der Waals surface area contributed by atoms with Gasteiger partial charge in [0.1, 0.15) is 0 Å². The van der Waals surface area contributed by atoms with Crippen LogP contribution in [-0.2, 0) is 9.47 Å². The first-order chi connectivity index (χ1) is 9.62. The van der Waals surface area contributed by atoms with Crippen molar-refractivity contribution in [3.05, 3.63) is 0 Å². The van der Waals surface area contributed by atoms with Gasteiger partial charge in [-0.25, -0.2) is 9.59 Å². The summed E-state index contributed by atoms with van der Waals surface area (Å²) < 4.78 is 9.91. The van der Waals surface area contributed by atoms with Gasteiger partial charge in [-0.05, 0) is 0 Å². The first-order valence-electron chi connectivity index (χ1n) is 6.29. The molecular weight excluding hydrogens is 284 g/mol. The van der Waals surface area contributed by atoms with E-state index in [2.05, 4.69) is 10.6 Å². The monoisotopic (exact) mass is 310 g/mol. The van der Waals surface area contributed by atoms with E-state index in [4.69, 9.17) is 19.7 Å². The number of nitrogens with zero attached hydrogens (tertiary/aromatic N) is 2. The Bertz CT molecular complexity index is 316. The van der Waals surface area contributed by atoms with Crippen molar-refractivity contribution in [2.45, 2.75) is 0 Å². The zero-order valence-electron chi connectivity index (χ0n) is 13.0. The summed E-state index contributed by atoms with van der Waals surface area (Å²) in [6.07, 6.45) is -1.44. The number of carbonyl (C=O) groups excluding carboxylic acids is 2. The van der Waals surface area contributed by atoms with Crippen LogP contribution in [0.25, 0.3) is 0 Å². The first-order valence-corrected chi connectivity index (χ1v) is 6.29. The van der Waals surface area contributed by atoms with Gasteiger partial charge in [-0.3, -0.25) is 8.97 Å². The van der Waals surface area contributed by atoms with Gasteiger partial charge in [0.25, 0.3) is 0 Å². The Morgan fingerprint density at radius 3 is 1.48 bits per heavy atom. The number of alkyl carbamates (subject to hydrolysis) is 2. The summed E-state index contributed by atoms with van der Waals surface area (Å²) in [6, 6.07) is 0. The maximum Gasteiger partial charge on any atom is 0.412 e. The number of amides is 2. The Kier molecular flexibility index (Phi) is 7.95. The maximum atomic E-state index is 11.3. The third-order valence-corrected chi connectivity index (χ3v) is 2.32. The van der Waals surface area contributed by atoms with E-state index in [0.717, 1.165) is 0 Å². The molecule has 0 aromatic heterocycles. The van der Waals surface area contributed by atoms with Gasteiger partial charge in [-0.1, -0.05) is 0 Å². The molecular formula is C11H26N4O6+2. The lowest BCUT2D eigenvalue weighted by atomic mass is 10.7. The van der Waals surface area contributed by atoms with Crippen molar-refractivity contribution in [3.8, 4) is 0 Å². The lowest BCUT2D eigenvalue weighted by molar-refractivity contribution is -0.924. The molecule has 0 heterocycles. The van der Waals surface area contributed by atoms with E-state index < -0.39 is 12.2 Å². The molecule has 0 rings (SSSR count). The zero-order valence-corrected chi connectivity index (χ0v) is 13.0. The molecule has 0 saturated heterocycles. The van der Waals surface area contributed by atoms with Gasteiger partial charge in [0.15, 0.2) is 13.5 Å². The quantitative estimate of drug-likeness (QED) is 0.316. The Balaban J connectivity index is 3.79. The van der Waals surface area contributed by atoms with Crippen molar-refractivity contribution < 1.29 is 38.2 Å². The molecule has 0 atom stereocenters. The molecule has 0 radical (unpaired) electrons. The van der Waals surface area contributed by atoms with E-state index in [1.54, 1.807) is 28.2 Å². The molecule has 0 fully saturated rings. The highest BCUT2D eigenvalue weighted by atomic mass is 16.6. The van der Waals surface area contributed by atoms with Crippen LogP contribution < -0.4 is 10.6 Å². The molecule has 2 amide bonds. The van der Waals surface area contributed by atoms with Gasteiger partial charge in [-0.15, -0.1) is 0 Å². The van der Waals surface area contributed by atoms with Crippen LogP contribution in [0.15, 0.2) is 0 Å². The summed E-state index contributed by atoms with van der Waals surface area (Å²) in [5.41, 5.74) is 0. The van der Waals surface area contributed by atoms with Crippen LogP contribution in [0.3, 0.4) is 0 Å². The first kappa shape index (κ1) is 19.4. The number of hydrogen-bond donors (Lipinski definition) is 4. The van der Waals surface area contributed by atoms with Crippen LogP contribution in [0.4, 0.5) is 9.59 Å². The van der Waals surface area contributed by atoms with Crippen LogP contribution in [0.5, 0.6) is 0 Å². The predicted molar refractivity (Wildman–Crippen MR) is 72.2 cm³/mol. The highest BCUT2D eigenvalue weighted by molar-refractivity contribution is 5.69. The number of quaternary nitrogens is 2. The molecule has 0 aliphatic heterocycles. The van der Waals surface area contributed by atoms with Gasteiger partial charge in [0, 0.05) is 0 Å². The van der Waals surface area contributed by atoms with E-state index in [1.165, 1.54) is 0 Å². The lowest BCUT2D eigenvalue weighted by Crippen LogP contribution is -2.46. The summed E-state index contributed by atoms with van der Waals surface area (Å²) in [4.78, 5) is 22.6. The molecule has 0 aliphatic carbocycles. The fourth-order valence-electron chi connectivity index (χ4n) is 0.839. The molecule has 124 valence electrons. The van der Waals surface area contributed by atoms with Crippen LogP contribution in [0, 0.1) is 0 Å². The summed E-state index contributed by atoms with van der Waals surface area (Å²) in [6.45, 7) is -0.506. The Hall–Kier alpha value is -1.62. The maximum absolute atomic E-state index is 11.3. The van der Waals surface area contributed by atoms with E-state index in [1.807, 2.05) is 0 Å². The van der Waals surface area contributed by atoms with Crippen LogP contribution in [0.2, 0.25) is 0 Å². The number of aliphatic hydroxyl groups is 2. The Morgan fingerprint density at radius 2 is 1.19 bits per heavy atom. The SMILES string of the molecule is C[N+](C)(CO)COC(=O)NCNC(=O)OC[N+](C)(C)CO. The molecule has 0 bridgehead atoms. The molecule has 0 unspecified atom stereocenters. The minimum absolute atomic E-state index is 0.00501. The fourth-order valence-corrected chi connectivity index (χ4v) is 0.839. The third-order valence-electron chi connectivity index (χ3n) is 2.32. The normalized spacial score (nSPS) is 11.7. The summed E-state index contributed by atoms with van der Waals surface area (Å²) in [5.74, 6) is 0. The molecule has 0 aromatic carbocycles. The van der Waals surface area contributed by atoms with Crippen molar-refractivity contribution >= 4 is 12.2 Å². The largest absolute Gasteiger partial charge is 0.412 e. The van der Waals surface area contributed by atoms with E-state index in [0.29, 0.717) is 0 Å². The van der Waals surface area contributed by atoms with Gasteiger partial charge in [-0.2, -0.15) is 0 Å². The second-order valence-electron chi connectivity index (χ2n) is 5.81. The number of aliphatic hydroxyl groups excluding tert-OH is 2. The van der Waals surface area contributed by atoms with Crippen molar-refractivity contribution in [3.63, 3.8) is 0 Å². The Morgan fingerprint density at radius 1 is 0.857 bits per heavy atom. The molecule has 21 heavy (non-hydrogen) atoms. The number of rotatable bonds is 8. The van der Waals surface area contributed by atoms with Gasteiger partial charge in [0.2, 0.25) is 13.5 Å². The average Bonchev–Trinajstić information content (AvgIpc) is 2.43. The second-order valence-corrected chi connectivity index (χ2v) is 5.81. The molecule has 4 N–H and O–H groups in total. The lowest BCUT2D eigenvalue weighted by Gasteiger charge is -2.26. The van der Waals surface area contributed by atoms with Crippen molar-refractivity contribution in [2.24, 2.45) is 0 Å². The number of ether oxygens (including phenoxy) is 2. The number of hydrogen-bond acceptors (Lipinski definition) is 6. The fraction of sp³-hybridized carbons (Fsp3) is 0.818. The number of nitrogens with one attached hydrogen (secondary N) is 2. The average molecular weight is 310 g/mol. The predicted octanol–water partition coefficient (Wildman–Crippen LogP) is -1.64. The number of carbonyl (C=O) groups is 2. The van der Waals surface area contributed by atoms with Crippen LogP contribution in [0.1, 0.15) is 0 Å². The highest BCUT2D eigenvalue weighted by Gasteiger charge is 2.17. The van der Waals surface area contributed by atoms with Crippen molar-refractivity contribution in [1.82, 2.24) is 10.6 Å². The Labute approximate surface area is 124 Å². The van der Waals surface area contributed by atoms with Crippen molar-refractivity contribution in [1.29, 1.82) is 0 Å². The third kappa shape index (κ3) is 9.85. The van der Waals surface area contributed by atoms with E-state index >= 15 is 0 Å². The summed E-state index contributed by atoms with van der Waals surface area (Å²) in [5, 5.41) is 22.5. The van der Waals surface area contributed by atoms with Crippen molar-refractivity contribution in [2.75, 3.05) is 61.8 Å². The van der Waals surface area contributed by atoms with Gasteiger partial charge >= 0.3 is 12.2 Å². The minimum Gasteiger partial charge on any atom is -0.399 e. The smallest absolute Gasteiger partial charge is 0.399 e. The van der Waals surface area contributed by atoms with Gasteiger partial charge < -0.3 is 30.3 Å². The topological polar surface area (TPSA) is 117 Å². The molecule has 0 saturated carbocycles. The molecule has 0 spiro atoms. The second kappa shape index (κ2) is 8.62. The van der Waals surface area contributed by atoms with E-state index in [9.17, 15) is 9.59 Å². The molecule has 10 nitrogen and oxygen atoms in total. The standard InChI is InChI=1S/C11H24N4O6/c1-14(2,6-16)8-20-10(18)12-5-13-11(19)21-9-15(3,4)7-17/h16-17H,5-9H2,1-4H3/p+2.